The number of hydrogen-bond acceptors (Lipinski definition) is 6. The second-order valence-corrected chi connectivity index (χ2v) is 8.83. The minimum Gasteiger partial charge on any atom is -0.466 e. The number of nitrogens with one attached hydrogen (secondary N) is 2. The van der Waals surface area contributed by atoms with Crippen molar-refractivity contribution in [3.8, 4) is 0 Å². The van der Waals surface area contributed by atoms with Gasteiger partial charge in [-0.3, -0.25) is 9.59 Å². The van der Waals surface area contributed by atoms with Gasteiger partial charge in [-0.1, -0.05) is 34.1 Å². The van der Waals surface area contributed by atoms with Crippen LogP contribution in [0.25, 0.3) is 0 Å². The standard InChI is InChI=1S/C21H40N2O6/c1-9-14(5)18(23-20(27)29-21(6,7)8)19(26)22-15(11-13(3)4)16(24)12-17(25)28-10-2/h13-16,18,24H,9-12H2,1-8H3,(H,22,26)(H,23,27)/t14?,15-,16+,18-/m0/s1. The fourth-order valence-corrected chi connectivity index (χ4v) is 2.76. The SMILES string of the molecule is CCOC(=O)C[C@@H](O)[C@H](CC(C)C)NC(=O)[C@@H](NC(=O)OC(C)(C)C)C(C)CC. The molecule has 0 spiro atoms. The molecule has 0 saturated heterocycles. The number of aliphatic hydroxyl groups excluding tert-OH is 1. The summed E-state index contributed by atoms with van der Waals surface area (Å²) in [4.78, 5) is 36.9. The van der Waals surface area contributed by atoms with Gasteiger partial charge < -0.3 is 25.2 Å². The first kappa shape index (κ1) is 27.2. The van der Waals surface area contributed by atoms with Crippen LogP contribution in [0, 0.1) is 11.8 Å². The van der Waals surface area contributed by atoms with Gasteiger partial charge >= 0.3 is 12.1 Å². The second-order valence-electron chi connectivity index (χ2n) is 8.83. The molecule has 0 rings (SSSR count). The van der Waals surface area contributed by atoms with Crippen molar-refractivity contribution < 1.29 is 29.0 Å². The molecule has 0 aliphatic rings. The van der Waals surface area contributed by atoms with Gasteiger partial charge in [0.15, 0.2) is 0 Å². The van der Waals surface area contributed by atoms with Crippen molar-refractivity contribution in [2.45, 2.75) is 98.4 Å². The summed E-state index contributed by atoms with van der Waals surface area (Å²) in [6, 6.07) is -1.46. The van der Waals surface area contributed by atoms with E-state index in [4.69, 9.17) is 9.47 Å². The van der Waals surface area contributed by atoms with Crippen LogP contribution in [0.2, 0.25) is 0 Å². The Morgan fingerprint density at radius 3 is 2.07 bits per heavy atom. The molecule has 8 nitrogen and oxygen atoms in total. The number of amides is 2. The van der Waals surface area contributed by atoms with Crippen LogP contribution in [-0.4, -0.2) is 53.5 Å². The lowest BCUT2D eigenvalue weighted by atomic mass is 9.94. The first-order valence-electron chi connectivity index (χ1n) is 10.4. The summed E-state index contributed by atoms with van der Waals surface area (Å²) in [6.07, 6.45) is -0.830. The molecular formula is C21H40N2O6. The molecule has 29 heavy (non-hydrogen) atoms. The Labute approximate surface area is 175 Å². The second kappa shape index (κ2) is 12.7. The Kier molecular flexibility index (Phi) is 11.9. The van der Waals surface area contributed by atoms with Crippen molar-refractivity contribution in [1.82, 2.24) is 10.6 Å². The largest absolute Gasteiger partial charge is 0.466 e. The van der Waals surface area contributed by atoms with Crippen molar-refractivity contribution in [3.63, 3.8) is 0 Å². The summed E-state index contributed by atoms with van der Waals surface area (Å²) in [6.45, 7) is 14.8. The van der Waals surface area contributed by atoms with E-state index in [0.29, 0.717) is 12.8 Å². The van der Waals surface area contributed by atoms with E-state index in [2.05, 4.69) is 10.6 Å². The van der Waals surface area contributed by atoms with Crippen LogP contribution >= 0.6 is 0 Å². The highest BCUT2D eigenvalue weighted by Gasteiger charge is 2.32. The zero-order valence-corrected chi connectivity index (χ0v) is 19.2. The molecule has 0 saturated carbocycles. The van der Waals surface area contributed by atoms with Gasteiger partial charge in [-0.15, -0.1) is 0 Å². The summed E-state index contributed by atoms with van der Waals surface area (Å²) >= 11 is 0. The predicted molar refractivity (Wildman–Crippen MR) is 111 cm³/mol. The first-order valence-corrected chi connectivity index (χ1v) is 10.4. The third-order valence-electron chi connectivity index (χ3n) is 4.37. The van der Waals surface area contributed by atoms with Crippen LogP contribution in [-0.2, 0) is 19.1 Å². The van der Waals surface area contributed by atoms with Crippen LogP contribution in [0.1, 0.15) is 74.7 Å². The Bertz CT molecular complexity index is 530. The lowest BCUT2D eigenvalue weighted by Gasteiger charge is -2.30. The molecule has 0 aliphatic heterocycles. The molecule has 3 N–H and O–H groups in total. The average molecular weight is 417 g/mol. The minimum atomic E-state index is -1.08. The molecule has 2 amide bonds. The number of alkyl carbamates (subject to hydrolysis) is 1. The van der Waals surface area contributed by atoms with Gasteiger partial charge in [-0.25, -0.2) is 4.79 Å². The number of ether oxygens (including phenoxy) is 2. The van der Waals surface area contributed by atoms with Gasteiger partial charge in [0.1, 0.15) is 11.6 Å². The quantitative estimate of drug-likeness (QED) is 0.446. The average Bonchev–Trinajstić information content (AvgIpc) is 2.56. The van der Waals surface area contributed by atoms with Crippen LogP contribution in [0.5, 0.6) is 0 Å². The topological polar surface area (TPSA) is 114 Å². The van der Waals surface area contributed by atoms with Gasteiger partial charge in [0, 0.05) is 0 Å². The molecule has 0 aromatic rings. The van der Waals surface area contributed by atoms with E-state index in [1.165, 1.54) is 0 Å². The molecule has 0 radical (unpaired) electrons. The van der Waals surface area contributed by atoms with E-state index in [-0.39, 0.29) is 24.9 Å². The summed E-state index contributed by atoms with van der Waals surface area (Å²) in [5.41, 5.74) is -0.684. The fraction of sp³-hybridized carbons (Fsp3) is 0.857. The zero-order valence-electron chi connectivity index (χ0n) is 19.2. The fourth-order valence-electron chi connectivity index (χ4n) is 2.76. The van der Waals surface area contributed by atoms with Crippen LogP contribution in [0.3, 0.4) is 0 Å². The molecule has 8 heteroatoms. The predicted octanol–water partition coefficient (Wildman–Crippen LogP) is 2.77. The van der Waals surface area contributed by atoms with Gasteiger partial charge in [0.2, 0.25) is 5.91 Å². The molecule has 0 aromatic carbocycles. The maximum Gasteiger partial charge on any atom is 0.408 e. The van der Waals surface area contributed by atoms with E-state index < -0.39 is 41.8 Å². The molecule has 170 valence electrons. The maximum absolute atomic E-state index is 12.9. The Hall–Kier alpha value is -1.83. The minimum absolute atomic E-state index is 0.149. The molecule has 0 bridgehead atoms. The van der Waals surface area contributed by atoms with E-state index in [0.717, 1.165) is 0 Å². The van der Waals surface area contributed by atoms with Crippen molar-refractivity contribution >= 4 is 18.0 Å². The molecule has 4 atom stereocenters. The van der Waals surface area contributed by atoms with Crippen molar-refractivity contribution in [1.29, 1.82) is 0 Å². The molecule has 0 aromatic heterocycles. The van der Waals surface area contributed by atoms with Gasteiger partial charge in [-0.05, 0) is 46.0 Å². The van der Waals surface area contributed by atoms with Crippen LogP contribution in [0.15, 0.2) is 0 Å². The number of hydrogen-bond donors (Lipinski definition) is 3. The van der Waals surface area contributed by atoms with Crippen molar-refractivity contribution in [3.05, 3.63) is 0 Å². The molecule has 1 unspecified atom stereocenters. The smallest absolute Gasteiger partial charge is 0.408 e. The molecular weight excluding hydrogens is 376 g/mol. The Morgan fingerprint density at radius 1 is 1.03 bits per heavy atom. The van der Waals surface area contributed by atoms with Crippen molar-refractivity contribution in [2.24, 2.45) is 11.8 Å². The molecule has 0 heterocycles. The third-order valence-corrected chi connectivity index (χ3v) is 4.37. The lowest BCUT2D eigenvalue weighted by Crippen LogP contribution is -2.55. The highest BCUT2D eigenvalue weighted by molar-refractivity contribution is 5.86. The Balaban J connectivity index is 5.29. The van der Waals surface area contributed by atoms with Crippen LogP contribution in [0.4, 0.5) is 4.79 Å². The molecule has 0 fully saturated rings. The maximum atomic E-state index is 12.9. The first-order chi connectivity index (χ1) is 13.3. The monoisotopic (exact) mass is 416 g/mol. The zero-order chi connectivity index (χ0) is 22.8. The van der Waals surface area contributed by atoms with E-state index >= 15 is 0 Å². The highest BCUT2D eigenvalue weighted by atomic mass is 16.6. The van der Waals surface area contributed by atoms with Gasteiger partial charge in [0.25, 0.3) is 0 Å². The number of carbonyl (C=O) groups excluding carboxylic acids is 3. The normalized spacial score (nSPS) is 15.8. The highest BCUT2D eigenvalue weighted by Crippen LogP contribution is 2.15. The van der Waals surface area contributed by atoms with E-state index in [1.807, 2.05) is 27.7 Å². The number of carbonyl (C=O) groups is 3. The lowest BCUT2D eigenvalue weighted by molar-refractivity contribution is -0.146. The number of aliphatic hydroxyl groups is 1. The van der Waals surface area contributed by atoms with Gasteiger partial charge in [0.05, 0.1) is 25.2 Å². The summed E-state index contributed by atoms with van der Waals surface area (Å²) in [5, 5.41) is 15.9. The van der Waals surface area contributed by atoms with Gasteiger partial charge in [-0.2, -0.15) is 0 Å². The number of esters is 1. The summed E-state index contributed by atoms with van der Waals surface area (Å²) in [5.74, 6) is -0.908. The van der Waals surface area contributed by atoms with Crippen molar-refractivity contribution in [2.75, 3.05) is 6.61 Å². The molecule has 0 aliphatic carbocycles. The summed E-state index contributed by atoms with van der Waals surface area (Å²) in [7, 11) is 0. The van der Waals surface area contributed by atoms with Crippen LogP contribution < -0.4 is 10.6 Å². The third kappa shape index (κ3) is 11.7. The summed E-state index contributed by atoms with van der Waals surface area (Å²) < 4.78 is 10.2. The number of rotatable bonds is 11. The van der Waals surface area contributed by atoms with E-state index in [9.17, 15) is 19.5 Å². The Morgan fingerprint density at radius 2 is 1.62 bits per heavy atom. The van der Waals surface area contributed by atoms with E-state index in [1.54, 1.807) is 27.7 Å².